The number of carbonyl (C=O) groups excluding carboxylic acids is 1. The van der Waals surface area contributed by atoms with E-state index in [0.29, 0.717) is 5.56 Å². The van der Waals surface area contributed by atoms with E-state index in [1.165, 1.54) is 11.1 Å². The van der Waals surface area contributed by atoms with E-state index in [0.717, 1.165) is 33.2 Å². The van der Waals surface area contributed by atoms with Crippen molar-refractivity contribution in [2.45, 2.75) is 20.4 Å². The van der Waals surface area contributed by atoms with Gasteiger partial charge in [-0.3, -0.25) is 4.79 Å². The van der Waals surface area contributed by atoms with E-state index in [1.54, 1.807) is 12.3 Å². The Morgan fingerprint density at radius 3 is 2.47 bits per heavy atom. The molecule has 5 heteroatoms. The molecule has 4 nitrogen and oxygen atoms in total. The first kappa shape index (κ1) is 20.1. The summed E-state index contributed by atoms with van der Waals surface area (Å²) >= 11 is 3.40. The molecule has 3 aromatic carbocycles. The van der Waals surface area contributed by atoms with Crippen molar-refractivity contribution in [3.8, 4) is 0 Å². The van der Waals surface area contributed by atoms with Crippen LogP contribution < -0.4 is 5.43 Å². The minimum atomic E-state index is -0.250. The number of nitrogens with one attached hydrogen (secondary N) is 1. The first-order chi connectivity index (χ1) is 14.5. The average Bonchev–Trinajstić information content (AvgIpc) is 3.01. The number of rotatable bonds is 5. The van der Waals surface area contributed by atoms with Crippen molar-refractivity contribution in [2.24, 2.45) is 5.10 Å². The maximum absolute atomic E-state index is 12.4. The summed E-state index contributed by atoms with van der Waals surface area (Å²) in [6, 6.07) is 24.2. The quantitative estimate of drug-likeness (QED) is 0.296. The standard InChI is InChI=1S/C25H22BrN3O/c1-17-11-13-19(14-12-17)16-29-18(2)22(20-7-4-6-10-24(20)29)15-27-28-25(30)21-8-3-5-9-23(21)26/h3-15H,16H2,1-2H3,(H,28,30)/b27-15-. The number of aromatic nitrogens is 1. The molecule has 1 amide bonds. The van der Waals surface area contributed by atoms with Crippen LogP contribution in [0, 0.1) is 13.8 Å². The lowest BCUT2D eigenvalue weighted by atomic mass is 10.1. The van der Waals surface area contributed by atoms with Gasteiger partial charge in [0.25, 0.3) is 5.91 Å². The summed E-state index contributed by atoms with van der Waals surface area (Å²) in [7, 11) is 0. The van der Waals surface area contributed by atoms with Crippen molar-refractivity contribution >= 4 is 39.0 Å². The van der Waals surface area contributed by atoms with E-state index in [1.807, 2.05) is 30.3 Å². The SMILES string of the molecule is Cc1ccc(Cn2c(C)c(/C=N\NC(=O)c3ccccc3Br)c3ccccc32)cc1. The van der Waals surface area contributed by atoms with Gasteiger partial charge >= 0.3 is 0 Å². The lowest BCUT2D eigenvalue weighted by molar-refractivity contribution is 0.0954. The van der Waals surface area contributed by atoms with Gasteiger partial charge in [0.05, 0.1) is 11.8 Å². The summed E-state index contributed by atoms with van der Waals surface area (Å²) in [5, 5.41) is 5.36. The summed E-state index contributed by atoms with van der Waals surface area (Å²) in [5.41, 5.74) is 8.94. The number of para-hydroxylation sites is 1. The molecule has 0 fully saturated rings. The predicted molar refractivity (Wildman–Crippen MR) is 126 cm³/mol. The van der Waals surface area contributed by atoms with Crippen LogP contribution in [0.15, 0.2) is 82.4 Å². The summed E-state index contributed by atoms with van der Waals surface area (Å²) < 4.78 is 3.03. The normalized spacial score (nSPS) is 11.3. The van der Waals surface area contributed by atoms with E-state index in [9.17, 15) is 4.79 Å². The molecule has 0 aliphatic carbocycles. The zero-order valence-corrected chi connectivity index (χ0v) is 18.5. The minimum absolute atomic E-state index is 0.250. The Morgan fingerprint density at radius 1 is 1.00 bits per heavy atom. The highest BCUT2D eigenvalue weighted by Crippen LogP contribution is 2.25. The molecule has 0 aliphatic heterocycles. The molecule has 0 atom stereocenters. The van der Waals surface area contributed by atoms with E-state index in [2.05, 4.69) is 81.3 Å². The number of hydrogen-bond donors (Lipinski definition) is 1. The molecular weight excluding hydrogens is 438 g/mol. The third kappa shape index (κ3) is 4.07. The van der Waals surface area contributed by atoms with Crippen LogP contribution in [0.4, 0.5) is 0 Å². The summed E-state index contributed by atoms with van der Waals surface area (Å²) in [4.78, 5) is 12.4. The molecule has 1 heterocycles. The lowest BCUT2D eigenvalue weighted by Crippen LogP contribution is -2.18. The lowest BCUT2D eigenvalue weighted by Gasteiger charge is -2.09. The average molecular weight is 460 g/mol. The van der Waals surface area contributed by atoms with Crippen molar-refractivity contribution in [3.63, 3.8) is 0 Å². The number of fused-ring (bicyclic) bond motifs is 1. The smallest absolute Gasteiger partial charge is 0.272 e. The van der Waals surface area contributed by atoms with Crippen molar-refractivity contribution in [1.82, 2.24) is 9.99 Å². The largest absolute Gasteiger partial charge is 0.340 e. The topological polar surface area (TPSA) is 46.4 Å². The number of hydrazone groups is 1. The van der Waals surface area contributed by atoms with E-state index < -0.39 is 0 Å². The highest BCUT2D eigenvalue weighted by molar-refractivity contribution is 9.10. The molecule has 0 saturated heterocycles. The highest BCUT2D eigenvalue weighted by Gasteiger charge is 2.13. The monoisotopic (exact) mass is 459 g/mol. The van der Waals surface area contributed by atoms with Gasteiger partial charge in [-0.15, -0.1) is 0 Å². The zero-order chi connectivity index (χ0) is 21.1. The second kappa shape index (κ2) is 8.67. The molecule has 30 heavy (non-hydrogen) atoms. The number of amides is 1. The number of halogens is 1. The second-order valence-electron chi connectivity index (χ2n) is 7.27. The van der Waals surface area contributed by atoms with Crippen LogP contribution in [0.1, 0.15) is 32.7 Å². The van der Waals surface area contributed by atoms with Crippen molar-refractivity contribution in [3.05, 3.63) is 105 Å². The minimum Gasteiger partial charge on any atom is -0.340 e. The molecular formula is C25H22BrN3O. The maximum Gasteiger partial charge on any atom is 0.272 e. The van der Waals surface area contributed by atoms with Gasteiger partial charge in [-0.2, -0.15) is 5.10 Å². The van der Waals surface area contributed by atoms with Gasteiger partial charge in [0.2, 0.25) is 0 Å². The number of benzene rings is 3. The fourth-order valence-electron chi connectivity index (χ4n) is 3.56. The molecule has 0 radical (unpaired) electrons. The van der Waals surface area contributed by atoms with Crippen LogP contribution in [-0.4, -0.2) is 16.7 Å². The first-order valence-corrected chi connectivity index (χ1v) is 10.5. The van der Waals surface area contributed by atoms with E-state index >= 15 is 0 Å². The summed E-state index contributed by atoms with van der Waals surface area (Å²) in [6.07, 6.45) is 1.73. The molecule has 0 saturated carbocycles. The number of carbonyl (C=O) groups is 1. The van der Waals surface area contributed by atoms with Gasteiger partial charge in [-0.05, 0) is 53.5 Å². The number of hydrogen-bond acceptors (Lipinski definition) is 2. The molecule has 0 bridgehead atoms. The third-order valence-electron chi connectivity index (χ3n) is 5.22. The first-order valence-electron chi connectivity index (χ1n) is 9.76. The van der Waals surface area contributed by atoms with Gasteiger partial charge in [0.15, 0.2) is 0 Å². The fourth-order valence-corrected chi connectivity index (χ4v) is 4.03. The van der Waals surface area contributed by atoms with Gasteiger partial charge in [0, 0.05) is 33.2 Å². The van der Waals surface area contributed by atoms with Crippen LogP contribution >= 0.6 is 15.9 Å². The van der Waals surface area contributed by atoms with Gasteiger partial charge in [-0.25, -0.2) is 5.43 Å². The maximum atomic E-state index is 12.4. The molecule has 1 N–H and O–H groups in total. The van der Waals surface area contributed by atoms with Crippen LogP contribution in [0.5, 0.6) is 0 Å². The third-order valence-corrected chi connectivity index (χ3v) is 5.91. The van der Waals surface area contributed by atoms with Crippen LogP contribution in [-0.2, 0) is 6.54 Å². The molecule has 0 spiro atoms. The summed E-state index contributed by atoms with van der Waals surface area (Å²) in [5.74, 6) is -0.250. The van der Waals surface area contributed by atoms with Crippen molar-refractivity contribution in [1.29, 1.82) is 0 Å². The van der Waals surface area contributed by atoms with Crippen molar-refractivity contribution < 1.29 is 4.79 Å². The molecule has 1 aromatic heterocycles. The number of nitrogens with zero attached hydrogens (tertiary/aromatic N) is 2. The highest BCUT2D eigenvalue weighted by atomic mass is 79.9. The van der Waals surface area contributed by atoms with Gasteiger partial charge in [0.1, 0.15) is 0 Å². The Hall–Kier alpha value is -3.18. The summed E-state index contributed by atoms with van der Waals surface area (Å²) in [6.45, 7) is 4.96. The van der Waals surface area contributed by atoms with Crippen molar-refractivity contribution in [2.75, 3.05) is 0 Å². The van der Waals surface area contributed by atoms with E-state index in [-0.39, 0.29) is 5.91 Å². The van der Waals surface area contributed by atoms with Gasteiger partial charge < -0.3 is 4.57 Å². The predicted octanol–water partition coefficient (Wildman–Crippen LogP) is 5.83. The zero-order valence-electron chi connectivity index (χ0n) is 16.9. The Labute approximate surface area is 184 Å². The Morgan fingerprint density at radius 2 is 1.70 bits per heavy atom. The molecule has 4 rings (SSSR count). The molecule has 0 aliphatic rings. The number of aryl methyl sites for hydroxylation is 1. The molecule has 150 valence electrons. The Kier molecular flexibility index (Phi) is 5.81. The Balaban J connectivity index is 1.63. The molecule has 4 aromatic rings. The van der Waals surface area contributed by atoms with Crippen LogP contribution in [0.2, 0.25) is 0 Å². The van der Waals surface area contributed by atoms with Crippen LogP contribution in [0.25, 0.3) is 10.9 Å². The fraction of sp³-hybridized carbons (Fsp3) is 0.120. The molecule has 0 unspecified atom stereocenters. The Bertz CT molecular complexity index is 1240. The van der Waals surface area contributed by atoms with Crippen LogP contribution in [0.3, 0.4) is 0 Å². The van der Waals surface area contributed by atoms with Gasteiger partial charge in [-0.1, -0.05) is 60.2 Å². The van der Waals surface area contributed by atoms with E-state index in [4.69, 9.17) is 0 Å². The second-order valence-corrected chi connectivity index (χ2v) is 8.12.